The van der Waals surface area contributed by atoms with Crippen LogP contribution in [0.2, 0.25) is 10.0 Å². The quantitative estimate of drug-likeness (QED) is 0.336. The van der Waals surface area contributed by atoms with Gasteiger partial charge in [0.05, 0.1) is 16.1 Å². The molecule has 0 aliphatic carbocycles. The molecule has 1 atom stereocenters. The number of benzene rings is 1. The van der Waals surface area contributed by atoms with Crippen LogP contribution in [0, 0.1) is 0 Å². The van der Waals surface area contributed by atoms with Crippen molar-refractivity contribution in [2.45, 2.75) is 25.3 Å². The van der Waals surface area contributed by atoms with E-state index in [4.69, 9.17) is 34.1 Å². The van der Waals surface area contributed by atoms with Crippen LogP contribution in [0.15, 0.2) is 23.4 Å². The number of piperidine rings is 1. The van der Waals surface area contributed by atoms with E-state index < -0.39 is 6.04 Å². The largest absolute Gasteiger partial charge is 0.409 e. The van der Waals surface area contributed by atoms with Gasteiger partial charge in [0.25, 0.3) is 0 Å². The van der Waals surface area contributed by atoms with E-state index in [-0.39, 0.29) is 11.9 Å². The normalized spacial score (nSPS) is 19.4. The lowest BCUT2D eigenvalue weighted by molar-refractivity contribution is 0.183. The number of nitrogens with zero attached hydrogens (tertiary/aromatic N) is 2. The van der Waals surface area contributed by atoms with Gasteiger partial charge in [0.2, 0.25) is 0 Å². The maximum absolute atomic E-state index is 12.3. The molecule has 1 heterocycles. The van der Waals surface area contributed by atoms with Crippen LogP contribution < -0.4 is 11.1 Å². The third-order valence-electron chi connectivity index (χ3n) is 3.39. The maximum atomic E-state index is 12.3. The molecule has 0 spiro atoms. The summed E-state index contributed by atoms with van der Waals surface area (Å²) in [7, 11) is 0. The van der Waals surface area contributed by atoms with Crippen molar-refractivity contribution in [1.29, 1.82) is 0 Å². The van der Waals surface area contributed by atoms with Crippen molar-refractivity contribution in [1.82, 2.24) is 4.90 Å². The number of oxime groups is 1. The number of carbonyl (C=O) groups is 1. The van der Waals surface area contributed by atoms with Crippen molar-refractivity contribution in [3.63, 3.8) is 0 Å². The number of rotatable bonds is 2. The molecule has 0 saturated carbocycles. The zero-order chi connectivity index (χ0) is 15.4. The lowest BCUT2D eigenvalue weighted by Crippen LogP contribution is -2.52. The molecule has 4 N–H and O–H groups in total. The molecule has 6 nitrogen and oxygen atoms in total. The van der Waals surface area contributed by atoms with Gasteiger partial charge >= 0.3 is 6.03 Å². The summed E-state index contributed by atoms with van der Waals surface area (Å²) in [6.45, 7) is 0.550. The molecule has 0 aromatic heterocycles. The zero-order valence-corrected chi connectivity index (χ0v) is 12.7. The fourth-order valence-corrected chi connectivity index (χ4v) is 2.62. The van der Waals surface area contributed by atoms with Crippen LogP contribution in [0.3, 0.4) is 0 Å². The van der Waals surface area contributed by atoms with Gasteiger partial charge in [-0.2, -0.15) is 0 Å². The van der Waals surface area contributed by atoms with Gasteiger partial charge < -0.3 is 21.2 Å². The maximum Gasteiger partial charge on any atom is 0.322 e. The van der Waals surface area contributed by atoms with Crippen molar-refractivity contribution >= 4 is 40.8 Å². The molecule has 2 rings (SSSR count). The summed E-state index contributed by atoms with van der Waals surface area (Å²) in [4.78, 5) is 13.9. The van der Waals surface area contributed by atoms with E-state index in [0.717, 1.165) is 12.8 Å². The number of carbonyl (C=O) groups excluding carboxylic acids is 1. The van der Waals surface area contributed by atoms with Gasteiger partial charge in [0, 0.05) is 12.2 Å². The summed E-state index contributed by atoms with van der Waals surface area (Å²) in [5, 5.41) is 15.3. The zero-order valence-electron chi connectivity index (χ0n) is 11.2. The van der Waals surface area contributed by atoms with E-state index in [1.54, 1.807) is 23.1 Å². The minimum Gasteiger partial charge on any atom is -0.409 e. The summed E-state index contributed by atoms with van der Waals surface area (Å²) in [5.41, 5.74) is 6.19. The van der Waals surface area contributed by atoms with Crippen LogP contribution in [0.4, 0.5) is 10.5 Å². The summed E-state index contributed by atoms with van der Waals surface area (Å²) < 4.78 is 0. The number of nitrogens with two attached hydrogens (primary N) is 1. The highest BCUT2D eigenvalue weighted by Gasteiger charge is 2.29. The topological polar surface area (TPSA) is 91.0 Å². The van der Waals surface area contributed by atoms with E-state index in [0.29, 0.717) is 28.7 Å². The second-order valence-electron chi connectivity index (χ2n) is 4.79. The second kappa shape index (κ2) is 6.87. The predicted molar refractivity (Wildman–Crippen MR) is 83.2 cm³/mol. The molecule has 0 radical (unpaired) electrons. The van der Waals surface area contributed by atoms with E-state index in [1.165, 1.54) is 0 Å². The molecule has 2 amide bonds. The standard InChI is InChI=1S/C13H16Cl2N4O2/c14-9-5-4-8(7-10(9)15)17-13(20)19-6-2-1-3-11(19)12(16)18-21/h4-5,7,11,21H,1-3,6H2,(H2,16,18)(H,17,20). The smallest absolute Gasteiger partial charge is 0.322 e. The van der Waals surface area contributed by atoms with E-state index in [2.05, 4.69) is 10.5 Å². The Kier molecular flexibility index (Phi) is 5.14. The lowest BCUT2D eigenvalue weighted by atomic mass is 10.0. The molecule has 1 unspecified atom stereocenters. The molecule has 1 aliphatic heterocycles. The monoisotopic (exact) mass is 330 g/mol. The van der Waals surface area contributed by atoms with Crippen molar-refractivity contribution in [3.8, 4) is 0 Å². The molecule has 8 heteroatoms. The van der Waals surface area contributed by atoms with Crippen LogP contribution in [0.25, 0.3) is 0 Å². The van der Waals surface area contributed by atoms with Gasteiger partial charge in [-0.05, 0) is 37.5 Å². The second-order valence-corrected chi connectivity index (χ2v) is 5.60. The first kappa shape index (κ1) is 15.7. The Morgan fingerprint density at radius 1 is 1.38 bits per heavy atom. The summed E-state index contributed by atoms with van der Waals surface area (Å²) in [5.74, 6) is 0.0407. The number of hydrogen-bond donors (Lipinski definition) is 3. The molecule has 21 heavy (non-hydrogen) atoms. The highest BCUT2D eigenvalue weighted by atomic mass is 35.5. The molecular weight excluding hydrogens is 315 g/mol. The number of hydrogen-bond acceptors (Lipinski definition) is 3. The third-order valence-corrected chi connectivity index (χ3v) is 4.13. The highest BCUT2D eigenvalue weighted by molar-refractivity contribution is 6.42. The Balaban J connectivity index is 2.12. The Labute approximate surface area is 132 Å². The lowest BCUT2D eigenvalue weighted by Gasteiger charge is -2.34. The first-order valence-electron chi connectivity index (χ1n) is 6.53. The Morgan fingerprint density at radius 3 is 2.81 bits per heavy atom. The first-order chi connectivity index (χ1) is 10.0. The third kappa shape index (κ3) is 3.71. The number of amidine groups is 1. The number of amides is 2. The highest BCUT2D eigenvalue weighted by Crippen LogP contribution is 2.26. The van der Waals surface area contributed by atoms with E-state index >= 15 is 0 Å². The van der Waals surface area contributed by atoms with E-state index in [1.807, 2.05) is 0 Å². The molecule has 1 aromatic rings. The van der Waals surface area contributed by atoms with Gasteiger partial charge in [-0.1, -0.05) is 28.4 Å². The minimum atomic E-state index is -0.397. The number of halogens is 2. The van der Waals surface area contributed by atoms with Gasteiger partial charge in [-0.3, -0.25) is 0 Å². The molecule has 114 valence electrons. The van der Waals surface area contributed by atoms with Gasteiger partial charge in [-0.25, -0.2) is 4.79 Å². The summed E-state index contributed by atoms with van der Waals surface area (Å²) >= 11 is 11.7. The summed E-state index contributed by atoms with van der Waals surface area (Å²) in [6.07, 6.45) is 2.48. The van der Waals surface area contributed by atoms with Crippen LogP contribution in [-0.2, 0) is 0 Å². The molecule has 1 aliphatic rings. The predicted octanol–water partition coefficient (Wildman–Crippen LogP) is 3.13. The van der Waals surface area contributed by atoms with Crippen molar-refractivity contribution in [3.05, 3.63) is 28.2 Å². The average molecular weight is 331 g/mol. The molecule has 1 saturated heterocycles. The molecular formula is C13H16Cl2N4O2. The van der Waals surface area contributed by atoms with Crippen LogP contribution >= 0.6 is 23.2 Å². The van der Waals surface area contributed by atoms with Crippen LogP contribution in [-0.4, -0.2) is 34.6 Å². The van der Waals surface area contributed by atoms with E-state index in [9.17, 15) is 4.79 Å². The number of likely N-dealkylation sites (tertiary alicyclic amines) is 1. The molecule has 0 bridgehead atoms. The Hall–Kier alpha value is -1.66. The number of nitrogens with one attached hydrogen (secondary N) is 1. The SMILES string of the molecule is NC(=NO)C1CCCCN1C(=O)Nc1ccc(Cl)c(Cl)c1. The van der Waals surface area contributed by atoms with Gasteiger partial charge in [0.1, 0.15) is 0 Å². The van der Waals surface area contributed by atoms with Crippen molar-refractivity contribution in [2.24, 2.45) is 10.9 Å². The van der Waals surface area contributed by atoms with Crippen molar-refractivity contribution < 1.29 is 10.0 Å². The van der Waals surface area contributed by atoms with Crippen LogP contribution in [0.1, 0.15) is 19.3 Å². The Bertz CT molecular complexity index is 565. The Morgan fingerprint density at radius 2 is 2.14 bits per heavy atom. The fourth-order valence-electron chi connectivity index (χ4n) is 2.32. The number of anilines is 1. The van der Waals surface area contributed by atoms with Gasteiger partial charge in [-0.15, -0.1) is 0 Å². The minimum absolute atomic E-state index is 0.0407. The first-order valence-corrected chi connectivity index (χ1v) is 7.28. The van der Waals surface area contributed by atoms with Crippen LogP contribution in [0.5, 0.6) is 0 Å². The number of urea groups is 1. The fraction of sp³-hybridized carbons (Fsp3) is 0.385. The molecule has 1 fully saturated rings. The van der Waals surface area contributed by atoms with Crippen molar-refractivity contribution in [2.75, 3.05) is 11.9 Å². The molecule has 1 aromatic carbocycles. The van der Waals surface area contributed by atoms with Gasteiger partial charge in [0.15, 0.2) is 5.84 Å². The summed E-state index contributed by atoms with van der Waals surface area (Å²) in [6, 6.07) is 4.13. The average Bonchev–Trinajstić information content (AvgIpc) is 2.50.